The van der Waals surface area contributed by atoms with Crippen molar-refractivity contribution in [3.05, 3.63) is 12.2 Å². The Bertz CT molecular complexity index is 500. The quantitative estimate of drug-likeness (QED) is 0.409. The van der Waals surface area contributed by atoms with Gasteiger partial charge in [0.05, 0.1) is 0 Å². The zero-order chi connectivity index (χ0) is 19.7. The first kappa shape index (κ1) is 26.8. The maximum absolute atomic E-state index is 4.16. The van der Waals surface area contributed by atoms with Crippen LogP contribution in [0.15, 0.2) is 12.2 Å². The molecule has 6 atom stereocenters. The number of hydrogen-bond acceptors (Lipinski definition) is 0. The molecule has 0 bridgehead atoms. The normalized spacial score (nSPS) is 37.8. The molecule has 3 aliphatic carbocycles. The lowest BCUT2D eigenvalue weighted by Crippen LogP contribution is -2.46. The maximum atomic E-state index is 4.16. The lowest BCUT2D eigenvalue weighted by Gasteiger charge is -2.54. The summed E-state index contributed by atoms with van der Waals surface area (Å²) >= 11 is 0. The SMILES string of the molecule is C.C.C=C(C)CCC(C)C1CCC2C3CCCCCCCC(C)(C)C3CCC12C. The van der Waals surface area contributed by atoms with Crippen molar-refractivity contribution in [2.24, 2.45) is 40.4 Å². The molecule has 29 heavy (non-hydrogen) atoms. The van der Waals surface area contributed by atoms with Crippen LogP contribution in [0.5, 0.6) is 0 Å². The van der Waals surface area contributed by atoms with E-state index in [0.29, 0.717) is 10.8 Å². The van der Waals surface area contributed by atoms with Gasteiger partial charge in [0.2, 0.25) is 0 Å². The zero-order valence-electron chi connectivity index (χ0n) is 19.3. The summed E-state index contributed by atoms with van der Waals surface area (Å²) in [6, 6.07) is 0. The van der Waals surface area contributed by atoms with Gasteiger partial charge in [-0.2, -0.15) is 0 Å². The van der Waals surface area contributed by atoms with E-state index in [0.717, 1.165) is 29.6 Å². The van der Waals surface area contributed by atoms with Crippen molar-refractivity contribution >= 4 is 0 Å². The number of rotatable bonds is 4. The van der Waals surface area contributed by atoms with E-state index in [1.807, 2.05) is 0 Å². The molecule has 0 heterocycles. The van der Waals surface area contributed by atoms with Crippen LogP contribution in [0.25, 0.3) is 0 Å². The van der Waals surface area contributed by atoms with Gasteiger partial charge in [-0.05, 0) is 98.7 Å². The molecule has 0 amide bonds. The van der Waals surface area contributed by atoms with Crippen LogP contribution >= 0.6 is 0 Å². The van der Waals surface area contributed by atoms with Crippen molar-refractivity contribution in [1.82, 2.24) is 0 Å². The Morgan fingerprint density at radius 3 is 2.21 bits per heavy atom. The van der Waals surface area contributed by atoms with E-state index < -0.39 is 0 Å². The van der Waals surface area contributed by atoms with Crippen LogP contribution in [-0.2, 0) is 0 Å². The van der Waals surface area contributed by atoms with Crippen molar-refractivity contribution in [1.29, 1.82) is 0 Å². The second kappa shape index (κ2) is 10.9. The highest BCUT2D eigenvalue weighted by atomic mass is 14.6. The molecule has 0 aliphatic heterocycles. The molecule has 172 valence electrons. The van der Waals surface area contributed by atoms with Gasteiger partial charge in [-0.15, -0.1) is 6.58 Å². The summed E-state index contributed by atoms with van der Waals surface area (Å²) in [6.07, 6.45) is 19.1. The van der Waals surface area contributed by atoms with Crippen molar-refractivity contribution in [3.8, 4) is 0 Å². The van der Waals surface area contributed by atoms with Gasteiger partial charge in [0.25, 0.3) is 0 Å². The molecule has 6 unspecified atom stereocenters. The lowest BCUT2D eigenvalue weighted by atomic mass is 9.51. The molecule has 0 aromatic rings. The van der Waals surface area contributed by atoms with Gasteiger partial charge < -0.3 is 0 Å². The Morgan fingerprint density at radius 1 is 0.862 bits per heavy atom. The summed E-state index contributed by atoms with van der Waals surface area (Å²) in [5, 5.41) is 0. The van der Waals surface area contributed by atoms with Gasteiger partial charge in [-0.25, -0.2) is 0 Å². The van der Waals surface area contributed by atoms with Crippen molar-refractivity contribution in [3.63, 3.8) is 0 Å². The number of hydrogen-bond donors (Lipinski definition) is 0. The summed E-state index contributed by atoms with van der Waals surface area (Å²) in [6.45, 7) is 16.9. The Kier molecular flexibility index (Phi) is 10.0. The first-order valence-corrected chi connectivity index (χ1v) is 12.4. The fraction of sp³-hybridized carbons (Fsp3) is 0.931. The molecule has 0 radical (unpaired) electrons. The number of allylic oxidation sites excluding steroid dienone is 1. The molecule has 0 N–H and O–H groups in total. The molecule has 3 aliphatic rings. The summed E-state index contributed by atoms with van der Waals surface area (Å²) in [7, 11) is 0. The molecular weight excluding hydrogens is 348 g/mol. The van der Waals surface area contributed by atoms with Crippen molar-refractivity contribution < 1.29 is 0 Å². The average molecular weight is 405 g/mol. The van der Waals surface area contributed by atoms with Crippen LogP contribution in [0.3, 0.4) is 0 Å². The lowest BCUT2D eigenvalue weighted by molar-refractivity contribution is -0.0512. The zero-order valence-corrected chi connectivity index (χ0v) is 19.3. The molecule has 0 heteroatoms. The first-order chi connectivity index (χ1) is 12.8. The predicted octanol–water partition coefficient (Wildman–Crippen LogP) is 10.1. The molecule has 0 nitrogen and oxygen atoms in total. The molecule has 0 aromatic heterocycles. The molecule has 0 spiro atoms. The van der Waals surface area contributed by atoms with Gasteiger partial charge in [0.1, 0.15) is 0 Å². The minimum atomic E-state index is 0. The van der Waals surface area contributed by atoms with E-state index in [2.05, 4.69) is 41.2 Å². The third-order valence-corrected chi connectivity index (χ3v) is 9.59. The largest absolute Gasteiger partial charge is 0.100 e. The standard InChI is InChI=1S/C27H48.2CH4/c1-20(2)13-14-21(3)23-15-16-25-22-12-10-8-7-9-11-18-26(4,5)24(22)17-19-27(23,25)6;;/h21-25H,1,7-19H2,2-6H3;2*1H4. The van der Waals surface area contributed by atoms with Crippen LogP contribution in [0.2, 0.25) is 0 Å². The second-order valence-electron chi connectivity index (χ2n) is 11.9. The summed E-state index contributed by atoms with van der Waals surface area (Å²) < 4.78 is 0. The Balaban J connectivity index is 0.00000210. The smallest absolute Gasteiger partial charge is 0.0264 e. The summed E-state index contributed by atoms with van der Waals surface area (Å²) in [5.74, 6) is 4.84. The maximum Gasteiger partial charge on any atom is -0.0264 e. The summed E-state index contributed by atoms with van der Waals surface area (Å²) in [4.78, 5) is 0. The van der Waals surface area contributed by atoms with E-state index in [1.165, 1.54) is 89.0 Å². The van der Waals surface area contributed by atoms with Gasteiger partial charge in [0.15, 0.2) is 0 Å². The van der Waals surface area contributed by atoms with Crippen LogP contribution in [0.1, 0.15) is 133 Å². The fourth-order valence-electron chi connectivity index (χ4n) is 7.99. The monoisotopic (exact) mass is 404 g/mol. The topological polar surface area (TPSA) is 0 Å². The highest BCUT2D eigenvalue weighted by molar-refractivity contribution is 5.05. The minimum absolute atomic E-state index is 0. The Morgan fingerprint density at radius 2 is 1.52 bits per heavy atom. The van der Waals surface area contributed by atoms with Crippen LogP contribution in [-0.4, -0.2) is 0 Å². The molecule has 0 aromatic carbocycles. The van der Waals surface area contributed by atoms with E-state index in [9.17, 15) is 0 Å². The Labute approximate surface area is 185 Å². The number of fused-ring (bicyclic) bond motifs is 3. The van der Waals surface area contributed by atoms with Gasteiger partial charge in [-0.3, -0.25) is 0 Å². The minimum Gasteiger partial charge on any atom is -0.100 e. The molecule has 3 rings (SSSR count). The van der Waals surface area contributed by atoms with Crippen molar-refractivity contribution in [2.45, 2.75) is 133 Å². The highest BCUT2D eigenvalue weighted by Crippen LogP contribution is 2.64. The van der Waals surface area contributed by atoms with E-state index >= 15 is 0 Å². The Hall–Kier alpha value is -0.260. The highest BCUT2D eigenvalue weighted by Gasteiger charge is 2.56. The molecule has 0 saturated heterocycles. The van der Waals surface area contributed by atoms with E-state index in [4.69, 9.17) is 0 Å². The van der Waals surface area contributed by atoms with Crippen LogP contribution in [0, 0.1) is 40.4 Å². The average Bonchev–Trinajstić information content (AvgIpc) is 2.95. The van der Waals surface area contributed by atoms with Gasteiger partial charge >= 0.3 is 0 Å². The van der Waals surface area contributed by atoms with E-state index in [-0.39, 0.29) is 14.9 Å². The van der Waals surface area contributed by atoms with E-state index in [1.54, 1.807) is 0 Å². The predicted molar refractivity (Wildman–Crippen MR) is 133 cm³/mol. The van der Waals surface area contributed by atoms with Crippen LogP contribution < -0.4 is 0 Å². The first-order valence-electron chi connectivity index (χ1n) is 12.4. The molecule has 3 saturated carbocycles. The van der Waals surface area contributed by atoms with Gasteiger partial charge in [0, 0.05) is 0 Å². The third kappa shape index (κ3) is 5.71. The molecular formula is C29H56. The fourth-order valence-corrected chi connectivity index (χ4v) is 7.99. The molecule has 3 fully saturated rings. The van der Waals surface area contributed by atoms with Gasteiger partial charge in [-0.1, -0.05) is 80.2 Å². The summed E-state index contributed by atoms with van der Waals surface area (Å²) in [5.41, 5.74) is 2.56. The third-order valence-electron chi connectivity index (χ3n) is 9.59. The second-order valence-corrected chi connectivity index (χ2v) is 11.9. The van der Waals surface area contributed by atoms with Crippen molar-refractivity contribution in [2.75, 3.05) is 0 Å². The van der Waals surface area contributed by atoms with Crippen LogP contribution in [0.4, 0.5) is 0 Å².